The lowest BCUT2D eigenvalue weighted by atomic mass is 9.99. The van der Waals surface area contributed by atoms with Gasteiger partial charge in [-0.3, -0.25) is 0 Å². The van der Waals surface area contributed by atoms with Gasteiger partial charge in [0, 0.05) is 0 Å². The molecule has 0 aromatic rings. The number of amidine groups is 1. The zero-order valence-electron chi connectivity index (χ0n) is 7.25. The molecule has 0 amide bonds. The van der Waals surface area contributed by atoms with E-state index in [1.165, 1.54) is 18.6 Å². The van der Waals surface area contributed by atoms with E-state index in [9.17, 15) is 0 Å². The molecule has 0 aliphatic carbocycles. The van der Waals surface area contributed by atoms with Gasteiger partial charge in [-0.2, -0.15) is 11.8 Å². The Bertz CT molecular complexity index is 211. The maximum absolute atomic E-state index is 5.47. The monoisotopic (exact) mass is 186 g/mol. The molecule has 4 heteroatoms. The molecule has 2 atom stereocenters. The van der Waals surface area contributed by atoms with Gasteiger partial charge in [-0.1, -0.05) is 0 Å². The summed E-state index contributed by atoms with van der Waals surface area (Å²) in [6.45, 7) is 3.00. The predicted molar refractivity (Wildman–Crippen MR) is 51.5 cm³/mol. The van der Waals surface area contributed by atoms with Crippen LogP contribution in [0.3, 0.4) is 0 Å². The number of aliphatic imine (C=N–C) groups is 1. The summed E-state index contributed by atoms with van der Waals surface area (Å²) in [6, 6.07) is 0.369. The lowest BCUT2D eigenvalue weighted by Gasteiger charge is -2.28. The van der Waals surface area contributed by atoms with E-state index in [0.717, 1.165) is 6.54 Å². The SMILES string of the molecule is CC1(C2CN=C(N)O2)CCCS1. The summed E-state index contributed by atoms with van der Waals surface area (Å²) in [7, 11) is 0. The van der Waals surface area contributed by atoms with Crippen LogP contribution in [0.2, 0.25) is 0 Å². The summed E-state index contributed by atoms with van der Waals surface area (Å²) in [5.74, 6) is 1.25. The fraction of sp³-hybridized carbons (Fsp3) is 0.875. The molecule has 1 fully saturated rings. The lowest BCUT2D eigenvalue weighted by molar-refractivity contribution is 0.176. The summed E-state index contributed by atoms with van der Waals surface area (Å²) >= 11 is 1.99. The third kappa shape index (κ3) is 1.28. The van der Waals surface area contributed by atoms with Crippen molar-refractivity contribution in [3.05, 3.63) is 0 Å². The highest BCUT2D eigenvalue weighted by atomic mass is 32.2. The predicted octanol–water partition coefficient (Wildman–Crippen LogP) is 0.986. The maximum Gasteiger partial charge on any atom is 0.282 e. The third-order valence-electron chi connectivity index (χ3n) is 2.61. The number of hydrogen-bond donors (Lipinski definition) is 1. The molecule has 2 N–H and O–H groups in total. The average Bonchev–Trinajstić information content (AvgIpc) is 2.59. The van der Waals surface area contributed by atoms with Crippen LogP contribution in [0, 0.1) is 0 Å². The second kappa shape index (κ2) is 2.83. The molecule has 2 heterocycles. The smallest absolute Gasteiger partial charge is 0.282 e. The summed E-state index contributed by atoms with van der Waals surface area (Å²) < 4.78 is 5.71. The van der Waals surface area contributed by atoms with Gasteiger partial charge in [-0.15, -0.1) is 0 Å². The highest BCUT2D eigenvalue weighted by molar-refractivity contribution is 8.00. The fourth-order valence-corrected chi connectivity index (χ4v) is 3.12. The first-order valence-corrected chi connectivity index (χ1v) is 5.30. The Hall–Kier alpha value is -0.380. The summed E-state index contributed by atoms with van der Waals surface area (Å²) in [6.07, 6.45) is 2.73. The van der Waals surface area contributed by atoms with Gasteiger partial charge in [0.25, 0.3) is 6.02 Å². The van der Waals surface area contributed by atoms with Gasteiger partial charge in [-0.25, -0.2) is 4.99 Å². The highest BCUT2D eigenvalue weighted by Gasteiger charge is 2.41. The largest absolute Gasteiger partial charge is 0.459 e. The van der Waals surface area contributed by atoms with Crippen molar-refractivity contribution in [3.63, 3.8) is 0 Å². The lowest BCUT2D eigenvalue weighted by Crippen LogP contribution is -2.37. The standard InChI is InChI=1S/C8H14N2OS/c1-8(3-2-4-12-8)6-5-10-7(9)11-6/h6H,2-5H2,1H3,(H2,9,10). The Labute approximate surface area is 76.8 Å². The molecule has 2 aliphatic rings. The van der Waals surface area contributed by atoms with E-state index in [-0.39, 0.29) is 10.9 Å². The van der Waals surface area contributed by atoms with Gasteiger partial charge in [0.2, 0.25) is 0 Å². The Balaban J connectivity index is 2.01. The maximum atomic E-state index is 5.47. The average molecular weight is 186 g/mol. The van der Waals surface area contributed by atoms with Gasteiger partial charge < -0.3 is 10.5 Å². The van der Waals surface area contributed by atoms with Crippen molar-refractivity contribution < 1.29 is 4.74 Å². The van der Waals surface area contributed by atoms with Crippen LogP contribution in [0.4, 0.5) is 0 Å². The quantitative estimate of drug-likeness (QED) is 0.664. The molecule has 1 saturated heterocycles. The molecule has 12 heavy (non-hydrogen) atoms. The first-order valence-electron chi connectivity index (χ1n) is 4.31. The molecule has 0 aromatic heterocycles. The number of ether oxygens (including phenoxy) is 1. The molecule has 0 aromatic carbocycles. The summed E-state index contributed by atoms with van der Waals surface area (Å²) in [5.41, 5.74) is 5.47. The molecular weight excluding hydrogens is 172 g/mol. The minimum Gasteiger partial charge on any atom is -0.459 e. The first-order chi connectivity index (χ1) is 5.71. The number of thioether (sulfide) groups is 1. The third-order valence-corrected chi connectivity index (χ3v) is 4.23. The fourth-order valence-electron chi connectivity index (χ4n) is 1.77. The van der Waals surface area contributed by atoms with E-state index in [1.807, 2.05) is 11.8 Å². The van der Waals surface area contributed by atoms with Gasteiger partial charge in [0.05, 0.1) is 11.3 Å². The minimum absolute atomic E-state index is 0.213. The van der Waals surface area contributed by atoms with Crippen LogP contribution in [0.25, 0.3) is 0 Å². The Morgan fingerprint density at radius 3 is 3.08 bits per heavy atom. The van der Waals surface area contributed by atoms with E-state index in [2.05, 4.69) is 11.9 Å². The molecule has 0 spiro atoms. The number of hydrogen-bond acceptors (Lipinski definition) is 4. The molecule has 0 saturated carbocycles. The zero-order valence-corrected chi connectivity index (χ0v) is 8.06. The molecule has 2 rings (SSSR count). The molecular formula is C8H14N2OS. The van der Waals surface area contributed by atoms with Crippen molar-refractivity contribution in [1.29, 1.82) is 0 Å². The summed E-state index contributed by atoms with van der Waals surface area (Å²) in [5, 5.41) is 0. The molecule has 0 bridgehead atoms. The van der Waals surface area contributed by atoms with E-state index < -0.39 is 0 Å². The number of nitrogens with zero attached hydrogens (tertiary/aromatic N) is 1. The second-order valence-corrected chi connectivity index (χ2v) is 5.18. The topological polar surface area (TPSA) is 47.6 Å². The van der Waals surface area contributed by atoms with Crippen LogP contribution in [-0.2, 0) is 4.74 Å². The van der Waals surface area contributed by atoms with Crippen LogP contribution in [-0.4, -0.2) is 29.2 Å². The van der Waals surface area contributed by atoms with Crippen molar-refractivity contribution in [1.82, 2.24) is 0 Å². The van der Waals surface area contributed by atoms with Gasteiger partial charge in [0.15, 0.2) is 0 Å². The molecule has 2 aliphatic heterocycles. The first kappa shape index (κ1) is 8.23. The molecule has 0 radical (unpaired) electrons. The van der Waals surface area contributed by atoms with Crippen LogP contribution >= 0.6 is 11.8 Å². The van der Waals surface area contributed by atoms with Gasteiger partial charge in [0.1, 0.15) is 6.10 Å². The van der Waals surface area contributed by atoms with Crippen LogP contribution in [0.15, 0.2) is 4.99 Å². The zero-order chi connectivity index (χ0) is 8.60. The van der Waals surface area contributed by atoms with Crippen LogP contribution in [0.5, 0.6) is 0 Å². The van der Waals surface area contributed by atoms with E-state index in [4.69, 9.17) is 10.5 Å². The van der Waals surface area contributed by atoms with Crippen molar-refractivity contribution in [3.8, 4) is 0 Å². The normalized spacial score (nSPS) is 41.1. The van der Waals surface area contributed by atoms with Gasteiger partial charge in [-0.05, 0) is 25.5 Å². The molecule has 3 nitrogen and oxygen atoms in total. The van der Waals surface area contributed by atoms with Crippen molar-refractivity contribution in [2.75, 3.05) is 12.3 Å². The highest BCUT2D eigenvalue weighted by Crippen LogP contribution is 2.42. The van der Waals surface area contributed by atoms with E-state index in [0.29, 0.717) is 6.02 Å². The van der Waals surface area contributed by atoms with Crippen LogP contribution < -0.4 is 5.73 Å². The molecule has 68 valence electrons. The van der Waals surface area contributed by atoms with Crippen LogP contribution in [0.1, 0.15) is 19.8 Å². The number of nitrogens with two attached hydrogens (primary N) is 1. The van der Waals surface area contributed by atoms with Crippen molar-refractivity contribution in [2.45, 2.75) is 30.6 Å². The molecule has 2 unspecified atom stereocenters. The minimum atomic E-state index is 0.213. The Morgan fingerprint density at radius 2 is 2.58 bits per heavy atom. The van der Waals surface area contributed by atoms with Crippen molar-refractivity contribution >= 4 is 17.8 Å². The van der Waals surface area contributed by atoms with Gasteiger partial charge >= 0.3 is 0 Å². The number of rotatable bonds is 1. The van der Waals surface area contributed by atoms with E-state index in [1.54, 1.807) is 0 Å². The Kier molecular flexibility index (Phi) is 1.94. The Morgan fingerprint density at radius 1 is 1.75 bits per heavy atom. The van der Waals surface area contributed by atoms with E-state index >= 15 is 0 Å². The summed E-state index contributed by atoms with van der Waals surface area (Å²) in [4.78, 5) is 4.07. The van der Waals surface area contributed by atoms with Crippen molar-refractivity contribution in [2.24, 2.45) is 10.7 Å². The second-order valence-electron chi connectivity index (χ2n) is 3.55.